The third-order valence-corrected chi connectivity index (χ3v) is 4.50. The number of fused-ring (bicyclic) bond motifs is 1. The van der Waals surface area contributed by atoms with Crippen LogP contribution >= 0.6 is 0 Å². The molecule has 2 atom stereocenters. The molecule has 1 saturated heterocycles. The van der Waals surface area contributed by atoms with Gasteiger partial charge in [-0.1, -0.05) is 0 Å². The van der Waals surface area contributed by atoms with Crippen LogP contribution in [0.4, 0.5) is 0 Å². The zero-order valence-electron chi connectivity index (χ0n) is 14.8. The van der Waals surface area contributed by atoms with Crippen molar-refractivity contribution in [2.24, 2.45) is 0 Å². The molecule has 0 bridgehead atoms. The summed E-state index contributed by atoms with van der Waals surface area (Å²) in [4.78, 5) is 18.4. The summed E-state index contributed by atoms with van der Waals surface area (Å²) in [7, 11) is 0. The van der Waals surface area contributed by atoms with Gasteiger partial charge in [0.05, 0.1) is 25.4 Å². The molecule has 144 valence electrons. The van der Waals surface area contributed by atoms with E-state index in [0.717, 1.165) is 0 Å². The normalized spacial score (nSPS) is 20.7. The van der Waals surface area contributed by atoms with Gasteiger partial charge in [0.15, 0.2) is 23.8 Å². The lowest BCUT2D eigenvalue weighted by Gasteiger charge is -2.27. The highest BCUT2D eigenvalue weighted by Gasteiger charge is 2.35. The molecule has 0 aliphatic carbocycles. The van der Waals surface area contributed by atoms with Gasteiger partial charge in [-0.05, 0) is 19.1 Å². The van der Waals surface area contributed by atoms with Crippen LogP contribution in [0.15, 0.2) is 28.9 Å². The predicted octanol–water partition coefficient (Wildman–Crippen LogP) is 1.20. The number of aliphatic hydroxyl groups excluding tert-OH is 1. The molecule has 27 heavy (non-hydrogen) atoms. The molecule has 9 nitrogen and oxygen atoms in total. The van der Waals surface area contributed by atoms with E-state index in [4.69, 9.17) is 23.4 Å². The van der Waals surface area contributed by atoms with Crippen LogP contribution < -0.4 is 14.2 Å². The minimum Gasteiger partial charge on any atom is -0.484 e. The van der Waals surface area contributed by atoms with E-state index in [9.17, 15) is 9.90 Å². The van der Waals surface area contributed by atoms with E-state index in [1.54, 1.807) is 18.2 Å². The molecule has 1 aromatic carbocycles. The first-order valence-corrected chi connectivity index (χ1v) is 8.69. The Morgan fingerprint density at radius 1 is 1.33 bits per heavy atom. The maximum atomic E-state index is 12.7. The zero-order chi connectivity index (χ0) is 18.8. The van der Waals surface area contributed by atoms with E-state index in [2.05, 4.69) is 4.98 Å². The van der Waals surface area contributed by atoms with Crippen molar-refractivity contribution in [2.75, 3.05) is 26.6 Å². The highest BCUT2D eigenvalue weighted by molar-refractivity contribution is 5.92. The molecule has 0 unspecified atom stereocenters. The van der Waals surface area contributed by atoms with Crippen molar-refractivity contribution in [1.29, 1.82) is 0 Å². The molecule has 2 aliphatic heterocycles. The molecule has 1 fully saturated rings. The van der Waals surface area contributed by atoms with E-state index in [1.165, 1.54) is 11.2 Å². The molecule has 2 aliphatic rings. The summed E-state index contributed by atoms with van der Waals surface area (Å²) in [6, 6.07) is 4.85. The zero-order valence-corrected chi connectivity index (χ0v) is 14.8. The summed E-state index contributed by atoms with van der Waals surface area (Å²) in [6.45, 7) is 3.06. The number of aromatic nitrogens is 1. The largest absolute Gasteiger partial charge is 0.484 e. The number of likely N-dealkylation sites (N-methyl/N-ethyl adjacent to an activating group) is 1. The van der Waals surface area contributed by atoms with Crippen LogP contribution in [-0.4, -0.2) is 59.6 Å². The van der Waals surface area contributed by atoms with Crippen molar-refractivity contribution < 1.29 is 33.3 Å². The molecule has 0 saturated carbocycles. The molecule has 4 rings (SSSR count). The van der Waals surface area contributed by atoms with Crippen LogP contribution in [0, 0.1) is 0 Å². The topological polar surface area (TPSA) is 103 Å². The lowest BCUT2D eigenvalue weighted by atomic mass is 10.1. The van der Waals surface area contributed by atoms with E-state index >= 15 is 0 Å². The second-order valence-electron chi connectivity index (χ2n) is 6.19. The first kappa shape index (κ1) is 17.6. The molecule has 0 radical (unpaired) electrons. The number of benzene rings is 1. The van der Waals surface area contributed by atoms with Crippen LogP contribution in [0.5, 0.6) is 17.2 Å². The van der Waals surface area contributed by atoms with Gasteiger partial charge in [-0.15, -0.1) is 0 Å². The highest BCUT2D eigenvalue weighted by atomic mass is 16.7. The van der Waals surface area contributed by atoms with Gasteiger partial charge in [0.25, 0.3) is 5.91 Å². The van der Waals surface area contributed by atoms with Crippen molar-refractivity contribution in [1.82, 2.24) is 9.88 Å². The SMILES string of the molecule is CCN(C(=O)c1coc(COc2ccc3c(c2)OCO3)n1)[C@@H]1COC[C@H]1O. The van der Waals surface area contributed by atoms with Crippen LogP contribution in [0.2, 0.25) is 0 Å². The second kappa shape index (κ2) is 7.45. The number of carbonyl (C=O) groups excluding carboxylic acids is 1. The smallest absolute Gasteiger partial charge is 0.276 e. The number of aliphatic hydroxyl groups is 1. The lowest BCUT2D eigenvalue weighted by Crippen LogP contribution is -2.46. The molecule has 1 N–H and O–H groups in total. The Balaban J connectivity index is 1.39. The summed E-state index contributed by atoms with van der Waals surface area (Å²) >= 11 is 0. The standard InChI is InChI=1S/C18H20N2O7/c1-2-20(13-7-23-8-14(13)21)18(22)12-6-25-17(19-12)9-24-11-3-4-15-16(5-11)27-10-26-15/h3-6,13-14,21H,2,7-10H2,1H3/t13-,14-/m1/s1. The molecule has 9 heteroatoms. The van der Waals surface area contributed by atoms with Crippen LogP contribution in [0.1, 0.15) is 23.3 Å². The highest BCUT2D eigenvalue weighted by Crippen LogP contribution is 2.35. The third-order valence-electron chi connectivity index (χ3n) is 4.50. The van der Waals surface area contributed by atoms with Crippen molar-refractivity contribution in [3.63, 3.8) is 0 Å². The summed E-state index contributed by atoms with van der Waals surface area (Å²) in [5.74, 6) is 1.82. The number of rotatable bonds is 6. The van der Waals surface area contributed by atoms with Crippen molar-refractivity contribution in [3.8, 4) is 17.2 Å². The van der Waals surface area contributed by atoms with Crippen LogP contribution in [0.25, 0.3) is 0 Å². The fraction of sp³-hybridized carbons (Fsp3) is 0.444. The van der Waals surface area contributed by atoms with Gasteiger partial charge in [-0.3, -0.25) is 4.79 Å². The first-order chi connectivity index (χ1) is 13.2. The number of oxazole rings is 1. The number of ether oxygens (including phenoxy) is 4. The molecule has 0 spiro atoms. The summed E-state index contributed by atoms with van der Waals surface area (Å²) in [5, 5.41) is 9.97. The monoisotopic (exact) mass is 376 g/mol. The van der Waals surface area contributed by atoms with Gasteiger partial charge in [0.2, 0.25) is 12.7 Å². The summed E-state index contributed by atoms with van der Waals surface area (Å²) in [5.41, 5.74) is 0.167. The number of carbonyl (C=O) groups is 1. The third kappa shape index (κ3) is 3.56. The molecule has 1 aromatic heterocycles. The Bertz CT molecular complexity index is 822. The average Bonchev–Trinajstić information content (AvgIpc) is 3.41. The number of amides is 1. The van der Waals surface area contributed by atoms with Crippen LogP contribution in [-0.2, 0) is 11.3 Å². The fourth-order valence-corrected chi connectivity index (χ4v) is 3.09. The molecule has 1 amide bonds. The van der Waals surface area contributed by atoms with Gasteiger partial charge in [-0.2, -0.15) is 0 Å². The quantitative estimate of drug-likeness (QED) is 0.802. The average molecular weight is 376 g/mol. The van der Waals surface area contributed by atoms with Crippen molar-refractivity contribution in [2.45, 2.75) is 25.7 Å². The number of hydrogen-bond donors (Lipinski definition) is 1. The summed E-state index contributed by atoms with van der Waals surface area (Å²) < 4.78 is 26.8. The maximum Gasteiger partial charge on any atom is 0.276 e. The number of nitrogens with zero attached hydrogens (tertiary/aromatic N) is 2. The Kier molecular flexibility index (Phi) is 4.87. The first-order valence-electron chi connectivity index (χ1n) is 8.69. The second-order valence-corrected chi connectivity index (χ2v) is 6.19. The van der Waals surface area contributed by atoms with Gasteiger partial charge < -0.3 is 33.4 Å². The Labute approximate surface area is 155 Å². The van der Waals surface area contributed by atoms with Crippen LogP contribution in [0.3, 0.4) is 0 Å². The molecular weight excluding hydrogens is 356 g/mol. The number of hydrogen-bond acceptors (Lipinski definition) is 8. The van der Waals surface area contributed by atoms with Gasteiger partial charge in [-0.25, -0.2) is 4.98 Å². The van der Waals surface area contributed by atoms with E-state index in [1.807, 2.05) is 6.92 Å². The van der Waals surface area contributed by atoms with E-state index in [-0.39, 0.29) is 43.5 Å². The fourth-order valence-electron chi connectivity index (χ4n) is 3.09. The molecular formula is C18H20N2O7. The lowest BCUT2D eigenvalue weighted by molar-refractivity contribution is 0.0515. The Hall–Kier alpha value is -2.78. The van der Waals surface area contributed by atoms with E-state index in [0.29, 0.717) is 30.4 Å². The summed E-state index contributed by atoms with van der Waals surface area (Å²) in [6.07, 6.45) is 0.598. The maximum absolute atomic E-state index is 12.7. The molecule has 2 aromatic rings. The Morgan fingerprint density at radius 3 is 2.96 bits per heavy atom. The minimum atomic E-state index is -0.699. The Morgan fingerprint density at radius 2 is 2.19 bits per heavy atom. The van der Waals surface area contributed by atoms with Gasteiger partial charge in [0.1, 0.15) is 12.0 Å². The minimum absolute atomic E-state index is 0.0637. The van der Waals surface area contributed by atoms with Crippen molar-refractivity contribution >= 4 is 5.91 Å². The van der Waals surface area contributed by atoms with Crippen molar-refractivity contribution in [3.05, 3.63) is 36.0 Å². The van der Waals surface area contributed by atoms with Gasteiger partial charge >= 0.3 is 0 Å². The van der Waals surface area contributed by atoms with Gasteiger partial charge in [0, 0.05) is 12.6 Å². The predicted molar refractivity (Wildman–Crippen MR) is 90.7 cm³/mol. The molecule has 3 heterocycles. The van der Waals surface area contributed by atoms with E-state index < -0.39 is 6.10 Å².